The zero-order valence-electron chi connectivity index (χ0n) is 10.5. The van der Waals surface area contributed by atoms with E-state index >= 15 is 0 Å². The number of benzene rings is 1. The van der Waals surface area contributed by atoms with Crippen LogP contribution in [0.15, 0.2) is 24.3 Å². The summed E-state index contributed by atoms with van der Waals surface area (Å²) in [5.74, 6) is 0.749. The molecule has 1 aliphatic heterocycles. The largest absolute Gasteiger partial charge is 0.427 e. The average Bonchev–Trinajstić information content (AvgIpc) is 2.95. The molecule has 17 heavy (non-hydrogen) atoms. The lowest BCUT2D eigenvalue weighted by Crippen LogP contribution is -2.10. The second-order valence-electron chi connectivity index (χ2n) is 4.90. The molecule has 3 nitrogen and oxygen atoms in total. The van der Waals surface area contributed by atoms with Crippen LogP contribution in [-0.2, 0) is 9.53 Å². The number of carbonyl (C=O) groups is 1. The van der Waals surface area contributed by atoms with Gasteiger partial charge >= 0.3 is 5.97 Å². The van der Waals surface area contributed by atoms with Crippen LogP contribution in [0.5, 0.6) is 5.75 Å². The molecule has 0 amide bonds. The Balaban J connectivity index is 1.92. The highest BCUT2D eigenvalue weighted by atomic mass is 16.6. The topological polar surface area (TPSA) is 38.8 Å². The normalized spacial score (nSPS) is 22.6. The summed E-state index contributed by atoms with van der Waals surface area (Å²) in [7, 11) is 0. The van der Waals surface area contributed by atoms with Crippen LogP contribution in [-0.4, -0.2) is 12.1 Å². The molecule has 1 fully saturated rings. The fourth-order valence-corrected chi connectivity index (χ4v) is 1.77. The summed E-state index contributed by atoms with van der Waals surface area (Å²) in [6.07, 6.45) is 0.976. The average molecular weight is 234 g/mol. The Morgan fingerprint density at radius 3 is 2.41 bits per heavy atom. The van der Waals surface area contributed by atoms with Crippen molar-refractivity contribution in [2.75, 3.05) is 0 Å². The minimum absolute atomic E-state index is 0.177. The number of esters is 1. The van der Waals surface area contributed by atoms with Crippen LogP contribution >= 0.6 is 0 Å². The highest BCUT2D eigenvalue weighted by molar-refractivity contribution is 5.72. The molecular formula is C14H18O3. The van der Waals surface area contributed by atoms with Crippen molar-refractivity contribution < 1.29 is 14.3 Å². The predicted octanol–water partition coefficient (Wildman–Crippen LogP) is 3.10. The van der Waals surface area contributed by atoms with Gasteiger partial charge in [0.15, 0.2) is 0 Å². The van der Waals surface area contributed by atoms with Gasteiger partial charge in [-0.15, -0.1) is 0 Å². The predicted molar refractivity (Wildman–Crippen MR) is 64.8 cm³/mol. The van der Waals surface area contributed by atoms with E-state index in [4.69, 9.17) is 9.47 Å². The molecule has 0 bridgehead atoms. The molecule has 1 heterocycles. The van der Waals surface area contributed by atoms with Crippen molar-refractivity contribution in [1.29, 1.82) is 0 Å². The van der Waals surface area contributed by atoms with E-state index in [9.17, 15) is 4.79 Å². The van der Waals surface area contributed by atoms with Gasteiger partial charge in [-0.1, -0.05) is 26.0 Å². The molecule has 0 radical (unpaired) electrons. The molecule has 0 saturated carbocycles. The molecule has 2 atom stereocenters. The third kappa shape index (κ3) is 3.30. The zero-order valence-corrected chi connectivity index (χ0v) is 10.5. The number of carbonyl (C=O) groups excluding carboxylic acids is 1. The van der Waals surface area contributed by atoms with E-state index in [0.29, 0.717) is 24.2 Å². The summed E-state index contributed by atoms with van der Waals surface area (Å²) >= 11 is 0. The summed E-state index contributed by atoms with van der Waals surface area (Å²) in [6, 6.07) is 7.54. The molecule has 1 aromatic carbocycles. The molecule has 1 aromatic rings. The summed E-state index contributed by atoms with van der Waals surface area (Å²) in [5, 5.41) is 0. The summed E-state index contributed by atoms with van der Waals surface area (Å²) in [6.45, 7) is 6.04. The lowest BCUT2D eigenvalue weighted by Gasteiger charge is -2.06. The number of hydrogen-bond acceptors (Lipinski definition) is 3. The third-order valence-corrected chi connectivity index (χ3v) is 2.73. The van der Waals surface area contributed by atoms with Crippen LogP contribution in [0.1, 0.15) is 38.9 Å². The van der Waals surface area contributed by atoms with Gasteiger partial charge in [0, 0.05) is 6.42 Å². The van der Waals surface area contributed by atoms with Gasteiger partial charge in [-0.3, -0.25) is 4.79 Å². The van der Waals surface area contributed by atoms with Gasteiger partial charge in [0.25, 0.3) is 0 Å². The fraction of sp³-hybridized carbons (Fsp3) is 0.500. The maximum absolute atomic E-state index is 11.5. The van der Waals surface area contributed by atoms with Crippen molar-refractivity contribution in [3.63, 3.8) is 0 Å². The second kappa shape index (κ2) is 4.88. The molecule has 1 aliphatic rings. The Kier molecular flexibility index (Phi) is 3.48. The second-order valence-corrected chi connectivity index (χ2v) is 4.90. The molecule has 3 heteroatoms. The summed E-state index contributed by atoms with van der Waals surface area (Å²) in [5.41, 5.74) is 1.14. The highest BCUT2D eigenvalue weighted by Crippen LogP contribution is 2.38. The quantitative estimate of drug-likeness (QED) is 0.456. The Labute approximate surface area is 102 Å². The van der Waals surface area contributed by atoms with Crippen LogP contribution in [0.2, 0.25) is 0 Å². The van der Waals surface area contributed by atoms with Gasteiger partial charge in [0.05, 0.1) is 6.10 Å². The maximum Gasteiger partial charge on any atom is 0.311 e. The first kappa shape index (κ1) is 12.1. The van der Waals surface area contributed by atoms with Gasteiger partial charge in [-0.2, -0.15) is 0 Å². The molecule has 0 aliphatic carbocycles. The van der Waals surface area contributed by atoms with E-state index in [1.807, 2.05) is 45.0 Å². The first-order valence-electron chi connectivity index (χ1n) is 6.02. The first-order valence-corrected chi connectivity index (χ1v) is 6.02. The number of epoxide rings is 1. The molecule has 2 rings (SSSR count). The molecule has 1 saturated heterocycles. The number of rotatable bonds is 4. The van der Waals surface area contributed by atoms with Gasteiger partial charge in [0.2, 0.25) is 0 Å². The molecule has 0 N–H and O–H groups in total. The minimum Gasteiger partial charge on any atom is -0.427 e. The van der Waals surface area contributed by atoms with Crippen LogP contribution < -0.4 is 4.74 Å². The van der Waals surface area contributed by atoms with Gasteiger partial charge < -0.3 is 9.47 Å². The van der Waals surface area contributed by atoms with Crippen LogP contribution in [0.3, 0.4) is 0 Å². The van der Waals surface area contributed by atoms with Crippen molar-refractivity contribution in [3.8, 4) is 5.75 Å². The Bertz CT molecular complexity index is 394. The Morgan fingerprint density at radius 1 is 1.35 bits per heavy atom. The third-order valence-electron chi connectivity index (χ3n) is 2.73. The smallest absolute Gasteiger partial charge is 0.311 e. The standard InChI is InChI=1S/C14H18O3/c1-9(2)8-13(15)17-12-6-4-11(5-7-12)14-10(3)16-14/h4-7,9-10,14H,8H2,1-3H3/t10-,14+/m1/s1. The van der Waals surface area contributed by atoms with Crippen molar-refractivity contribution in [2.45, 2.75) is 39.4 Å². The van der Waals surface area contributed by atoms with Crippen LogP contribution in [0, 0.1) is 5.92 Å². The molecule has 92 valence electrons. The lowest BCUT2D eigenvalue weighted by molar-refractivity contribution is -0.135. The fourth-order valence-electron chi connectivity index (χ4n) is 1.77. The van der Waals surface area contributed by atoms with E-state index in [0.717, 1.165) is 5.56 Å². The summed E-state index contributed by atoms with van der Waals surface area (Å²) in [4.78, 5) is 11.5. The Hall–Kier alpha value is -1.35. The van der Waals surface area contributed by atoms with Crippen LogP contribution in [0.25, 0.3) is 0 Å². The Morgan fingerprint density at radius 2 is 1.94 bits per heavy atom. The zero-order chi connectivity index (χ0) is 12.4. The molecule has 0 spiro atoms. The number of ether oxygens (including phenoxy) is 2. The van der Waals surface area contributed by atoms with E-state index in [-0.39, 0.29) is 12.1 Å². The summed E-state index contributed by atoms with van der Waals surface area (Å²) < 4.78 is 10.6. The van der Waals surface area contributed by atoms with Gasteiger partial charge in [-0.05, 0) is 30.5 Å². The van der Waals surface area contributed by atoms with E-state index < -0.39 is 0 Å². The highest BCUT2D eigenvalue weighted by Gasteiger charge is 2.35. The van der Waals surface area contributed by atoms with E-state index in [2.05, 4.69) is 0 Å². The first-order chi connectivity index (χ1) is 8.06. The maximum atomic E-state index is 11.5. The van der Waals surface area contributed by atoms with Gasteiger partial charge in [0.1, 0.15) is 11.9 Å². The van der Waals surface area contributed by atoms with Crippen molar-refractivity contribution in [2.24, 2.45) is 5.92 Å². The van der Waals surface area contributed by atoms with Crippen molar-refractivity contribution >= 4 is 5.97 Å². The SMILES string of the molecule is CC(C)CC(=O)Oc1ccc([C@H]2O[C@@H]2C)cc1. The number of hydrogen-bond donors (Lipinski definition) is 0. The van der Waals surface area contributed by atoms with E-state index in [1.54, 1.807) is 0 Å². The van der Waals surface area contributed by atoms with Gasteiger partial charge in [-0.25, -0.2) is 0 Å². The van der Waals surface area contributed by atoms with E-state index in [1.165, 1.54) is 0 Å². The lowest BCUT2D eigenvalue weighted by atomic mass is 10.1. The molecular weight excluding hydrogens is 216 g/mol. The van der Waals surface area contributed by atoms with Crippen molar-refractivity contribution in [1.82, 2.24) is 0 Å². The monoisotopic (exact) mass is 234 g/mol. The minimum atomic E-state index is -0.177. The van der Waals surface area contributed by atoms with Crippen LogP contribution in [0.4, 0.5) is 0 Å². The molecule has 0 aromatic heterocycles. The molecule has 0 unspecified atom stereocenters. The van der Waals surface area contributed by atoms with Crippen molar-refractivity contribution in [3.05, 3.63) is 29.8 Å².